The van der Waals surface area contributed by atoms with Crippen LogP contribution in [0.4, 0.5) is 4.79 Å². The molecule has 0 radical (unpaired) electrons. The lowest BCUT2D eigenvalue weighted by Crippen LogP contribution is -2.46. The second kappa shape index (κ2) is 10.1. The second-order valence-corrected chi connectivity index (χ2v) is 8.78. The molecule has 2 rings (SSSR count). The Labute approximate surface area is 182 Å². The van der Waals surface area contributed by atoms with Gasteiger partial charge in [-0.2, -0.15) is 0 Å². The van der Waals surface area contributed by atoms with Crippen LogP contribution in [0.25, 0.3) is 11.1 Å². The number of halogens is 2. The molecule has 29 heavy (non-hydrogen) atoms. The highest BCUT2D eigenvalue weighted by Gasteiger charge is 2.24. The molecular weight excluding hydrogens is 409 g/mol. The molecule has 2 aromatic rings. The summed E-state index contributed by atoms with van der Waals surface area (Å²) in [6.45, 7) is 9.05. The zero-order chi connectivity index (χ0) is 21.6. The van der Waals surface area contributed by atoms with E-state index in [1.807, 2.05) is 36.4 Å². The summed E-state index contributed by atoms with van der Waals surface area (Å²) in [5.74, 6) is 0. The third kappa shape index (κ3) is 7.73. The lowest BCUT2D eigenvalue weighted by molar-refractivity contribution is 0.0425. The minimum absolute atomic E-state index is 0.361. The van der Waals surface area contributed by atoms with Crippen molar-refractivity contribution >= 4 is 29.3 Å². The van der Waals surface area contributed by atoms with Crippen LogP contribution in [-0.2, 0) is 11.2 Å². The molecular formula is C23H27Cl2NO3. The molecule has 2 N–H and O–H groups in total. The molecule has 0 saturated heterocycles. The quantitative estimate of drug-likeness (QED) is 0.521. The van der Waals surface area contributed by atoms with Gasteiger partial charge >= 0.3 is 6.09 Å². The van der Waals surface area contributed by atoms with Gasteiger partial charge in [0.1, 0.15) is 5.60 Å². The maximum Gasteiger partial charge on any atom is 0.407 e. The highest BCUT2D eigenvalue weighted by Crippen LogP contribution is 2.27. The Kier molecular flexibility index (Phi) is 8.14. The van der Waals surface area contributed by atoms with Crippen molar-refractivity contribution in [3.8, 4) is 11.1 Å². The average Bonchev–Trinajstić information content (AvgIpc) is 2.59. The molecule has 1 amide bonds. The Bertz CT molecular complexity index is 824. The van der Waals surface area contributed by atoms with Gasteiger partial charge in [0.2, 0.25) is 0 Å². The summed E-state index contributed by atoms with van der Waals surface area (Å²) in [6, 6.07) is 12.7. The van der Waals surface area contributed by atoms with Gasteiger partial charge in [0, 0.05) is 10.0 Å². The predicted octanol–water partition coefficient (Wildman–Crippen LogP) is 6.03. The van der Waals surface area contributed by atoms with Gasteiger partial charge in [-0.15, -0.1) is 6.58 Å². The number of rotatable bonds is 7. The number of aliphatic hydroxyl groups excluding tert-OH is 1. The van der Waals surface area contributed by atoms with E-state index in [1.165, 1.54) is 0 Å². The molecule has 4 nitrogen and oxygen atoms in total. The van der Waals surface area contributed by atoms with E-state index in [9.17, 15) is 9.90 Å². The number of hydrogen-bond acceptors (Lipinski definition) is 3. The molecule has 156 valence electrons. The number of carbonyl (C=O) groups excluding carboxylic acids is 1. The van der Waals surface area contributed by atoms with Crippen LogP contribution >= 0.6 is 23.2 Å². The number of carbonyl (C=O) groups is 1. The third-order valence-electron chi connectivity index (χ3n) is 4.18. The fraction of sp³-hybridized carbons (Fsp3) is 0.348. The molecule has 0 aliphatic heterocycles. The van der Waals surface area contributed by atoms with E-state index in [1.54, 1.807) is 32.9 Å². The Balaban J connectivity index is 2.15. The van der Waals surface area contributed by atoms with Gasteiger partial charge < -0.3 is 15.2 Å². The molecule has 0 fully saturated rings. The number of alkyl carbamates (subject to hydrolysis) is 1. The van der Waals surface area contributed by atoms with Crippen LogP contribution in [0.3, 0.4) is 0 Å². The van der Waals surface area contributed by atoms with Crippen LogP contribution in [0.2, 0.25) is 10.0 Å². The lowest BCUT2D eigenvalue weighted by Gasteiger charge is -2.26. The molecule has 0 saturated carbocycles. The van der Waals surface area contributed by atoms with Crippen LogP contribution in [0, 0.1) is 0 Å². The van der Waals surface area contributed by atoms with Crippen LogP contribution < -0.4 is 5.32 Å². The highest BCUT2D eigenvalue weighted by molar-refractivity contribution is 6.35. The summed E-state index contributed by atoms with van der Waals surface area (Å²) in [7, 11) is 0. The van der Waals surface area contributed by atoms with E-state index in [-0.39, 0.29) is 0 Å². The first-order valence-electron chi connectivity index (χ1n) is 9.41. The summed E-state index contributed by atoms with van der Waals surface area (Å²) in [4.78, 5) is 12.2. The van der Waals surface area contributed by atoms with Crippen LogP contribution in [0.15, 0.2) is 55.1 Å². The number of nitrogens with one attached hydrogen (secondary N) is 1. The Morgan fingerprint density at radius 2 is 1.72 bits per heavy atom. The van der Waals surface area contributed by atoms with Crippen molar-refractivity contribution in [2.24, 2.45) is 0 Å². The maximum atomic E-state index is 12.2. The number of benzene rings is 2. The molecule has 2 aromatic carbocycles. The van der Waals surface area contributed by atoms with Gasteiger partial charge in [-0.3, -0.25) is 0 Å². The van der Waals surface area contributed by atoms with Crippen molar-refractivity contribution in [1.82, 2.24) is 5.32 Å². The minimum atomic E-state index is -0.772. The SMILES string of the molecule is C=CCC(O)C(Cc1ccc(-c2cc(Cl)cc(Cl)c2)cc1)NC(=O)OC(C)(C)C. The molecule has 0 spiro atoms. The van der Waals surface area contributed by atoms with Crippen LogP contribution in [0.1, 0.15) is 32.8 Å². The van der Waals surface area contributed by atoms with E-state index < -0.39 is 23.8 Å². The van der Waals surface area contributed by atoms with Crippen molar-refractivity contribution in [3.05, 3.63) is 70.7 Å². The van der Waals surface area contributed by atoms with Crippen molar-refractivity contribution in [2.75, 3.05) is 0 Å². The van der Waals surface area contributed by atoms with Crippen molar-refractivity contribution < 1.29 is 14.6 Å². The first-order chi connectivity index (χ1) is 13.6. The van der Waals surface area contributed by atoms with Gasteiger partial charge in [-0.05, 0) is 68.5 Å². The average molecular weight is 436 g/mol. The van der Waals surface area contributed by atoms with E-state index in [0.717, 1.165) is 16.7 Å². The Morgan fingerprint density at radius 1 is 1.14 bits per heavy atom. The minimum Gasteiger partial charge on any atom is -0.444 e. The smallest absolute Gasteiger partial charge is 0.407 e. The van der Waals surface area contributed by atoms with Gasteiger partial charge in [0.25, 0.3) is 0 Å². The van der Waals surface area contributed by atoms with Gasteiger partial charge in [0.15, 0.2) is 0 Å². The van der Waals surface area contributed by atoms with Crippen molar-refractivity contribution in [1.29, 1.82) is 0 Å². The lowest BCUT2D eigenvalue weighted by atomic mass is 9.97. The Morgan fingerprint density at radius 3 is 2.24 bits per heavy atom. The van der Waals surface area contributed by atoms with Crippen LogP contribution in [-0.4, -0.2) is 28.9 Å². The van der Waals surface area contributed by atoms with Gasteiger partial charge in [-0.25, -0.2) is 4.79 Å². The zero-order valence-corrected chi connectivity index (χ0v) is 18.4. The van der Waals surface area contributed by atoms with Gasteiger partial charge in [0.05, 0.1) is 12.1 Å². The standard InChI is InChI=1S/C23H27Cl2NO3/c1-5-6-21(27)20(26-22(28)29-23(2,3)4)11-15-7-9-16(10-8-15)17-12-18(24)14-19(25)13-17/h5,7-10,12-14,20-21,27H,1,6,11H2,2-4H3,(H,26,28). The fourth-order valence-electron chi connectivity index (χ4n) is 2.88. The normalized spacial score (nSPS) is 13.4. The first kappa shape index (κ1) is 23.3. The highest BCUT2D eigenvalue weighted by atomic mass is 35.5. The molecule has 0 aliphatic carbocycles. The number of ether oxygens (including phenoxy) is 1. The van der Waals surface area contributed by atoms with E-state index in [0.29, 0.717) is 22.9 Å². The summed E-state index contributed by atoms with van der Waals surface area (Å²) in [5, 5.41) is 14.4. The molecule has 0 heterocycles. The first-order valence-corrected chi connectivity index (χ1v) is 10.2. The van der Waals surface area contributed by atoms with Crippen LogP contribution in [0.5, 0.6) is 0 Å². The molecule has 0 aliphatic rings. The number of hydrogen-bond donors (Lipinski definition) is 2. The van der Waals surface area contributed by atoms with Crippen molar-refractivity contribution in [2.45, 2.75) is 51.4 Å². The van der Waals surface area contributed by atoms with Crippen molar-refractivity contribution in [3.63, 3.8) is 0 Å². The summed E-state index contributed by atoms with van der Waals surface area (Å²) >= 11 is 12.2. The van der Waals surface area contributed by atoms with E-state index in [2.05, 4.69) is 11.9 Å². The van der Waals surface area contributed by atoms with Gasteiger partial charge in [-0.1, -0.05) is 53.5 Å². The third-order valence-corrected chi connectivity index (χ3v) is 4.62. The molecule has 2 unspecified atom stereocenters. The van der Waals surface area contributed by atoms with E-state index >= 15 is 0 Å². The summed E-state index contributed by atoms with van der Waals surface area (Å²) in [6.07, 6.45) is 1.10. The maximum absolute atomic E-state index is 12.2. The second-order valence-electron chi connectivity index (χ2n) is 7.90. The molecule has 0 bridgehead atoms. The van der Waals surface area contributed by atoms with E-state index in [4.69, 9.17) is 27.9 Å². The monoisotopic (exact) mass is 435 g/mol. The number of amides is 1. The zero-order valence-electron chi connectivity index (χ0n) is 16.9. The summed E-state index contributed by atoms with van der Waals surface area (Å²) in [5.41, 5.74) is 2.24. The topological polar surface area (TPSA) is 58.6 Å². The fourth-order valence-corrected chi connectivity index (χ4v) is 3.41. The Hall–Kier alpha value is -2.01. The summed E-state index contributed by atoms with van der Waals surface area (Å²) < 4.78 is 5.32. The molecule has 0 aromatic heterocycles. The number of aliphatic hydroxyl groups is 1. The predicted molar refractivity (Wildman–Crippen MR) is 120 cm³/mol. The molecule has 2 atom stereocenters. The largest absolute Gasteiger partial charge is 0.444 e. The molecule has 6 heteroatoms.